The highest BCUT2D eigenvalue weighted by atomic mass is 19.4. The van der Waals surface area contributed by atoms with Crippen LogP contribution in [0.4, 0.5) is 13.2 Å². The fourth-order valence-electron chi connectivity index (χ4n) is 4.13. The number of carbonyl (C=O) groups excluding carboxylic acids is 1. The van der Waals surface area contributed by atoms with Gasteiger partial charge < -0.3 is 20.0 Å². The third kappa shape index (κ3) is 7.03. The number of aromatic nitrogens is 1. The van der Waals surface area contributed by atoms with Crippen molar-refractivity contribution in [1.82, 2.24) is 4.57 Å². The zero-order valence-electron chi connectivity index (χ0n) is 21.2. The van der Waals surface area contributed by atoms with Crippen LogP contribution in [0.3, 0.4) is 0 Å². The van der Waals surface area contributed by atoms with E-state index in [9.17, 15) is 23.2 Å². The lowest BCUT2D eigenvalue weighted by Gasteiger charge is -2.17. The van der Waals surface area contributed by atoms with E-state index in [1.54, 1.807) is 23.8 Å². The number of carbonyl (C=O) groups is 1. The van der Waals surface area contributed by atoms with Gasteiger partial charge in [-0.05, 0) is 30.7 Å². The number of hydrogen-bond donors (Lipinski definition) is 1. The molecule has 39 heavy (non-hydrogen) atoms. The summed E-state index contributed by atoms with van der Waals surface area (Å²) in [7, 11) is 1.60. The van der Waals surface area contributed by atoms with Crippen molar-refractivity contribution in [2.75, 3.05) is 13.7 Å². The number of benzene rings is 3. The fourth-order valence-corrected chi connectivity index (χ4v) is 4.13. The Kier molecular flexibility index (Phi) is 9.47. The fraction of sp³-hybridized carbons (Fsp3) is 0.207. The van der Waals surface area contributed by atoms with E-state index in [1.807, 2.05) is 54.6 Å². The van der Waals surface area contributed by atoms with Crippen molar-refractivity contribution in [3.63, 3.8) is 0 Å². The highest BCUT2D eigenvalue weighted by Crippen LogP contribution is 2.32. The number of nitriles is 1. The maximum Gasteiger partial charge on any atom is 0.430 e. The molecule has 202 valence electrons. The number of rotatable bonds is 7. The molecule has 1 heterocycles. The van der Waals surface area contributed by atoms with Gasteiger partial charge in [-0.3, -0.25) is 9.36 Å². The quantitative estimate of drug-likeness (QED) is 0.389. The largest absolute Gasteiger partial charge is 0.542 e. The molecule has 2 N–H and O–H groups in total. The lowest BCUT2D eigenvalue weighted by molar-refractivity contribution is -0.693. The van der Waals surface area contributed by atoms with Crippen LogP contribution >= 0.6 is 0 Å². The van der Waals surface area contributed by atoms with Gasteiger partial charge in [0.1, 0.15) is 29.5 Å². The molecular weight excluding hydrogens is 511 g/mol. The predicted octanol–water partition coefficient (Wildman–Crippen LogP) is 3.17. The number of ether oxygens (including phenoxy) is 1. The molecule has 10 heteroatoms. The second kappa shape index (κ2) is 12.8. The first-order valence-electron chi connectivity index (χ1n) is 11.9. The number of carboxylic acid groups (broad SMARTS) is 1. The van der Waals surface area contributed by atoms with Crippen LogP contribution < -0.4 is 20.7 Å². The minimum absolute atomic E-state index is 0.153. The number of fused-ring (bicyclic) bond motifs is 1. The Balaban J connectivity index is 0.000000532. The smallest absolute Gasteiger partial charge is 0.430 e. The van der Waals surface area contributed by atoms with Crippen LogP contribution in [0.1, 0.15) is 24.2 Å². The van der Waals surface area contributed by atoms with Gasteiger partial charge in [-0.1, -0.05) is 60.7 Å². The monoisotopic (exact) mass is 537 g/mol. The van der Waals surface area contributed by atoms with E-state index in [2.05, 4.69) is 30.4 Å². The molecule has 0 unspecified atom stereocenters. The first-order valence-corrected chi connectivity index (χ1v) is 11.9. The number of hydrogen-bond acceptors (Lipinski definition) is 5. The van der Waals surface area contributed by atoms with E-state index in [-0.39, 0.29) is 11.6 Å². The summed E-state index contributed by atoms with van der Waals surface area (Å²) in [6.45, 7) is 3.27. The Labute approximate surface area is 222 Å². The van der Waals surface area contributed by atoms with E-state index in [1.165, 1.54) is 5.56 Å². The van der Waals surface area contributed by atoms with Crippen LogP contribution in [0.15, 0.2) is 83.7 Å². The molecule has 0 fully saturated rings. The molecule has 7 nitrogen and oxygen atoms in total. The van der Waals surface area contributed by atoms with Crippen molar-refractivity contribution < 1.29 is 33.1 Å². The van der Waals surface area contributed by atoms with Gasteiger partial charge >= 0.3 is 6.18 Å². The second-order valence-electron chi connectivity index (χ2n) is 8.58. The summed E-state index contributed by atoms with van der Waals surface area (Å²) in [4.78, 5) is 22.2. The number of aliphatic carboxylic acids is 1. The van der Waals surface area contributed by atoms with E-state index in [4.69, 9.17) is 14.6 Å². The zero-order valence-corrected chi connectivity index (χ0v) is 21.2. The lowest BCUT2D eigenvalue weighted by Crippen LogP contribution is -2.85. The Hall–Kier alpha value is -4.62. The van der Waals surface area contributed by atoms with Gasteiger partial charge in [-0.15, -0.1) is 0 Å². The average Bonchev–Trinajstić information content (AvgIpc) is 2.94. The van der Waals surface area contributed by atoms with Gasteiger partial charge in [-0.2, -0.15) is 18.4 Å². The maximum atomic E-state index is 13.4. The molecule has 4 aromatic rings. The molecule has 3 aromatic carbocycles. The third-order valence-corrected chi connectivity index (χ3v) is 6.08. The first kappa shape index (κ1) is 28.9. The molecule has 1 atom stereocenters. The topological polar surface area (TPSA) is 112 Å². The van der Waals surface area contributed by atoms with Crippen LogP contribution in [0.2, 0.25) is 0 Å². The van der Waals surface area contributed by atoms with E-state index >= 15 is 0 Å². The van der Waals surface area contributed by atoms with Crippen LogP contribution in [-0.2, 0) is 11.3 Å². The molecule has 0 bridgehead atoms. The number of nitrogens with two attached hydrogens (primary N) is 1. The highest BCUT2D eigenvalue weighted by Gasteiger charge is 2.28. The summed E-state index contributed by atoms with van der Waals surface area (Å²) < 4.78 is 38.6. The summed E-state index contributed by atoms with van der Waals surface area (Å²) in [6.07, 6.45) is -5.19. The van der Waals surface area contributed by atoms with Crippen molar-refractivity contribution in [2.45, 2.75) is 25.7 Å². The molecule has 1 aromatic heterocycles. The summed E-state index contributed by atoms with van der Waals surface area (Å²) in [5.41, 5.74) is 3.12. The third-order valence-electron chi connectivity index (χ3n) is 6.08. The Bertz CT molecular complexity index is 1530. The van der Waals surface area contributed by atoms with Crippen LogP contribution in [-0.4, -0.2) is 30.4 Å². The number of alkyl halides is 3. The van der Waals surface area contributed by atoms with Gasteiger partial charge in [0.2, 0.25) is 0 Å². The predicted molar refractivity (Wildman–Crippen MR) is 138 cm³/mol. The highest BCUT2D eigenvalue weighted by molar-refractivity contribution is 5.99. The van der Waals surface area contributed by atoms with Crippen molar-refractivity contribution in [3.8, 4) is 22.9 Å². The zero-order chi connectivity index (χ0) is 28.6. The second-order valence-corrected chi connectivity index (χ2v) is 8.58. The minimum atomic E-state index is -5.19. The summed E-state index contributed by atoms with van der Waals surface area (Å²) in [5.74, 6) is -2.35. The van der Waals surface area contributed by atoms with Gasteiger partial charge in [0.05, 0.1) is 20.2 Å². The molecule has 0 amide bonds. The van der Waals surface area contributed by atoms with Crippen LogP contribution in [0, 0.1) is 11.3 Å². The number of pyridine rings is 1. The van der Waals surface area contributed by atoms with Gasteiger partial charge in [-0.25, -0.2) is 0 Å². The number of quaternary nitrogens is 1. The Morgan fingerprint density at radius 3 is 2.18 bits per heavy atom. The summed E-state index contributed by atoms with van der Waals surface area (Å²) in [5, 5.41) is 22.4. The van der Waals surface area contributed by atoms with Gasteiger partial charge in [0, 0.05) is 21.9 Å². The SMILES string of the molecule is COc1ccc2c(=O)n(CC[NH2+][C@H](C)c3ccccc3)c(C#N)c(-c3ccccc3)c2c1.O=C([O-])C(F)(F)F. The standard InChI is InChI=1S/C27H25N3O2.C2HF3O2/c1-19(20-9-5-3-6-10-20)29-15-16-30-25(18-28)26(21-11-7-4-8-12-21)24-17-22(32-2)13-14-23(24)27(30)31;3-2(4,5)1(6)7/h3-14,17,19,29H,15-16H2,1-2H3;(H,6,7)/t19-;/m1./s1. The van der Waals surface area contributed by atoms with Crippen molar-refractivity contribution in [2.24, 2.45) is 0 Å². The summed E-state index contributed by atoms with van der Waals surface area (Å²) in [6, 6.07) is 28.0. The maximum absolute atomic E-state index is 13.4. The van der Waals surface area contributed by atoms with Gasteiger partial charge in [0.15, 0.2) is 0 Å². The summed E-state index contributed by atoms with van der Waals surface area (Å²) >= 11 is 0. The van der Waals surface area contributed by atoms with E-state index in [0.29, 0.717) is 29.9 Å². The minimum Gasteiger partial charge on any atom is -0.542 e. The molecule has 0 saturated heterocycles. The number of methoxy groups -OCH3 is 1. The molecule has 0 spiro atoms. The molecule has 0 saturated carbocycles. The van der Waals surface area contributed by atoms with Gasteiger partial charge in [0.25, 0.3) is 5.56 Å². The first-order chi connectivity index (χ1) is 18.6. The molecule has 0 aliphatic rings. The molecule has 4 rings (SSSR count). The molecule has 0 aliphatic carbocycles. The average molecular weight is 538 g/mol. The Morgan fingerprint density at radius 1 is 1.05 bits per heavy atom. The van der Waals surface area contributed by atoms with Crippen LogP contribution in [0.25, 0.3) is 21.9 Å². The van der Waals surface area contributed by atoms with Crippen molar-refractivity contribution in [1.29, 1.82) is 5.26 Å². The molecular formula is C29H26F3N3O4. The van der Waals surface area contributed by atoms with E-state index in [0.717, 1.165) is 16.5 Å². The van der Waals surface area contributed by atoms with E-state index < -0.39 is 12.1 Å². The number of carboxylic acids is 1. The Morgan fingerprint density at radius 2 is 1.64 bits per heavy atom. The van der Waals surface area contributed by atoms with Crippen molar-refractivity contribution >= 4 is 16.7 Å². The number of halogens is 3. The normalized spacial score (nSPS) is 11.7. The van der Waals surface area contributed by atoms with Crippen LogP contribution in [0.5, 0.6) is 5.75 Å². The molecule has 0 aliphatic heterocycles. The number of nitrogens with zero attached hydrogens (tertiary/aromatic N) is 2. The molecule has 0 radical (unpaired) electrons. The lowest BCUT2D eigenvalue weighted by atomic mass is 9.97. The van der Waals surface area contributed by atoms with Crippen molar-refractivity contribution in [3.05, 3.63) is 100 Å².